The number of nitro groups is 2. The van der Waals surface area contributed by atoms with Gasteiger partial charge in [0.2, 0.25) is 0 Å². The quantitative estimate of drug-likeness (QED) is 0.293. The first-order valence-electron chi connectivity index (χ1n) is 9.48. The van der Waals surface area contributed by atoms with E-state index in [2.05, 4.69) is 4.98 Å². The van der Waals surface area contributed by atoms with Gasteiger partial charge in [-0.1, -0.05) is 47.7 Å². The molecule has 0 saturated carbocycles. The summed E-state index contributed by atoms with van der Waals surface area (Å²) >= 11 is 1.31. The molecular weight excluding hydrogens is 432 g/mol. The minimum Gasteiger partial charge on any atom is -0.279 e. The summed E-state index contributed by atoms with van der Waals surface area (Å²) in [7, 11) is 0. The number of nitro benzene ring substituents is 2. The maximum absolute atomic E-state index is 13.5. The first-order chi connectivity index (χ1) is 15.3. The fourth-order valence-electron chi connectivity index (χ4n) is 3.21. The number of anilines is 1. The van der Waals surface area contributed by atoms with Gasteiger partial charge >= 0.3 is 0 Å². The van der Waals surface area contributed by atoms with Gasteiger partial charge < -0.3 is 0 Å². The number of carbonyl (C=O) groups excluding carboxylic acids is 1. The molecule has 0 saturated heterocycles. The van der Waals surface area contributed by atoms with E-state index in [0.29, 0.717) is 10.6 Å². The summed E-state index contributed by atoms with van der Waals surface area (Å²) in [5.74, 6) is -0.614. The molecule has 0 unspecified atom stereocenters. The van der Waals surface area contributed by atoms with Gasteiger partial charge in [-0.2, -0.15) is 0 Å². The van der Waals surface area contributed by atoms with Gasteiger partial charge in [-0.05, 0) is 30.2 Å². The third-order valence-electron chi connectivity index (χ3n) is 4.76. The number of amides is 1. The minimum absolute atomic E-state index is 0.148. The number of non-ortho nitro benzene ring substituents is 2. The highest BCUT2D eigenvalue weighted by molar-refractivity contribution is 7.22. The van der Waals surface area contributed by atoms with Crippen LogP contribution in [-0.2, 0) is 6.54 Å². The lowest BCUT2D eigenvalue weighted by Crippen LogP contribution is -2.30. The number of aryl methyl sites for hydroxylation is 1. The summed E-state index contributed by atoms with van der Waals surface area (Å²) in [6.07, 6.45) is 0. The fraction of sp³-hybridized carbons (Fsp3) is 0.0909. The van der Waals surface area contributed by atoms with E-state index in [1.54, 1.807) is 0 Å². The van der Waals surface area contributed by atoms with Crippen LogP contribution in [-0.4, -0.2) is 20.7 Å². The van der Waals surface area contributed by atoms with Crippen LogP contribution in [0, 0.1) is 27.2 Å². The molecule has 4 rings (SSSR count). The van der Waals surface area contributed by atoms with Gasteiger partial charge in [-0.25, -0.2) is 4.98 Å². The number of fused-ring (bicyclic) bond motifs is 1. The summed E-state index contributed by atoms with van der Waals surface area (Å²) in [5, 5.41) is 23.0. The van der Waals surface area contributed by atoms with Crippen molar-refractivity contribution in [3.8, 4) is 0 Å². The zero-order valence-electron chi connectivity index (χ0n) is 16.8. The molecule has 1 aromatic heterocycles. The Hall–Kier alpha value is -4.18. The van der Waals surface area contributed by atoms with Crippen LogP contribution in [0.25, 0.3) is 10.2 Å². The predicted molar refractivity (Wildman–Crippen MR) is 121 cm³/mol. The molecule has 4 aromatic rings. The van der Waals surface area contributed by atoms with Crippen molar-refractivity contribution in [2.75, 3.05) is 4.90 Å². The monoisotopic (exact) mass is 448 g/mol. The van der Waals surface area contributed by atoms with Crippen molar-refractivity contribution in [2.24, 2.45) is 0 Å². The Kier molecular flexibility index (Phi) is 5.61. The van der Waals surface area contributed by atoms with E-state index in [0.717, 1.165) is 34.0 Å². The lowest BCUT2D eigenvalue weighted by Gasteiger charge is -2.20. The van der Waals surface area contributed by atoms with E-state index in [9.17, 15) is 25.0 Å². The van der Waals surface area contributed by atoms with Gasteiger partial charge in [-0.15, -0.1) is 0 Å². The van der Waals surface area contributed by atoms with Crippen molar-refractivity contribution in [3.63, 3.8) is 0 Å². The maximum Gasteiger partial charge on any atom is 0.277 e. The highest BCUT2D eigenvalue weighted by Crippen LogP contribution is 2.32. The minimum atomic E-state index is -0.758. The Morgan fingerprint density at radius 3 is 2.25 bits per heavy atom. The highest BCUT2D eigenvalue weighted by atomic mass is 32.1. The molecule has 0 fully saturated rings. The number of hydrogen-bond donors (Lipinski definition) is 0. The summed E-state index contributed by atoms with van der Waals surface area (Å²) in [6.45, 7) is 2.10. The molecule has 0 spiro atoms. The van der Waals surface area contributed by atoms with E-state index in [4.69, 9.17) is 0 Å². The molecular formula is C22H16N4O5S. The van der Waals surface area contributed by atoms with Crippen LogP contribution in [0.15, 0.2) is 66.7 Å². The molecule has 0 aliphatic carbocycles. The summed E-state index contributed by atoms with van der Waals surface area (Å²) in [5.41, 5.74) is 1.37. The van der Waals surface area contributed by atoms with E-state index in [1.807, 2.05) is 55.5 Å². The number of carbonyl (C=O) groups is 1. The molecule has 3 aromatic carbocycles. The van der Waals surface area contributed by atoms with Gasteiger partial charge in [0.05, 0.1) is 38.2 Å². The molecule has 0 aliphatic heterocycles. The molecule has 0 N–H and O–H groups in total. The summed E-state index contributed by atoms with van der Waals surface area (Å²) < 4.78 is 0.885. The number of thiazole rings is 1. The van der Waals surface area contributed by atoms with E-state index >= 15 is 0 Å². The molecule has 32 heavy (non-hydrogen) atoms. The number of benzene rings is 3. The Morgan fingerprint density at radius 2 is 1.62 bits per heavy atom. The summed E-state index contributed by atoms with van der Waals surface area (Å²) in [6, 6.07) is 17.8. The second kappa shape index (κ2) is 8.52. The molecule has 0 aliphatic rings. The second-order valence-corrected chi connectivity index (χ2v) is 8.11. The van der Waals surface area contributed by atoms with Crippen molar-refractivity contribution in [1.82, 2.24) is 4.98 Å². The standard InChI is InChI=1S/C22H16N4O5S/c1-14-7-8-19-20(9-14)32-22(23-19)24(13-15-5-3-2-4-6-15)21(27)16-10-17(25(28)29)12-18(11-16)26(30)31/h2-12H,13H2,1H3. The number of rotatable bonds is 6. The topological polar surface area (TPSA) is 119 Å². The zero-order valence-corrected chi connectivity index (χ0v) is 17.6. The van der Waals surface area contributed by atoms with E-state index in [-0.39, 0.29) is 12.1 Å². The zero-order chi connectivity index (χ0) is 22.8. The average Bonchev–Trinajstić information content (AvgIpc) is 3.20. The van der Waals surface area contributed by atoms with Crippen molar-refractivity contribution in [1.29, 1.82) is 0 Å². The largest absolute Gasteiger partial charge is 0.279 e. The normalized spacial score (nSPS) is 10.8. The number of nitrogens with zero attached hydrogens (tertiary/aromatic N) is 4. The molecule has 0 atom stereocenters. The smallest absolute Gasteiger partial charge is 0.277 e. The fourth-order valence-corrected chi connectivity index (χ4v) is 4.27. The average molecular weight is 448 g/mol. The van der Waals surface area contributed by atoms with Crippen molar-refractivity contribution in [3.05, 3.63) is 104 Å². The van der Waals surface area contributed by atoms with Gasteiger partial charge in [0.15, 0.2) is 5.13 Å². The van der Waals surface area contributed by atoms with Crippen LogP contribution in [0.5, 0.6) is 0 Å². The first kappa shape index (κ1) is 21.1. The first-order valence-corrected chi connectivity index (χ1v) is 10.3. The molecule has 0 radical (unpaired) electrons. The van der Waals surface area contributed by atoms with Crippen LogP contribution < -0.4 is 4.90 Å². The third-order valence-corrected chi connectivity index (χ3v) is 5.80. The molecule has 1 amide bonds. The Bertz CT molecular complexity index is 1320. The van der Waals surface area contributed by atoms with Crippen LogP contribution >= 0.6 is 11.3 Å². The van der Waals surface area contributed by atoms with Crippen LogP contribution in [0.4, 0.5) is 16.5 Å². The van der Waals surface area contributed by atoms with Gasteiger partial charge in [0.1, 0.15) is 0 Å². The molecule has 160 valence electrons. The van der Waals surface area contributed by atoms with Gasteiger partial charge in [0, 0.05) is 12.1 Å². The van der Waals surface area contributed by atoms with E-state index < -0.39 is 27.1 Å². The predicted octanol–water partition coefficient (Wildman–Crippen LogP) is 5.27. The van der Waals surface area contributed by atoms with Crippen LogP contribution in [0.3, 0.4) is 0 Å². The molecule has 9 nitrogen and oxygen atoms in total. The van der Waals surface area contributed by atoms with Gasteiger partial charge in [-0.3, -0.25) is 29.9 Å². The van der Waals surface area contributed by atoms with Crippen LogP contribution in [0.1, 0.15) is 21.5 Å². The number of aromatic nitrogens is 1. The van der Waals surface area contributed by atoms with Crippen molar-refractivity contribution < 1.29 is 14.6 Å². The van der Waals surface area contributed by atoms with Crippen LogP contribution in [0.2, 0.25) is 0 Å². The summed E-state index contributed by atoms with van der Waals surface area (Å²) in [4.78, 5) is 40.5. The van der Waals surface area contributed by atoms with Gasteiger partial charge in [0.25, 0.3) is 17.3 Å². The lowest BCUT2D eigenvalue weighted by molar-refractivity contribution is -0.394. The van der Waals surface area contributed by atoms with E-state index in [1.165, 1.54) is 16.2 Å². The number of hydrogen-bond acceptors (Lipinski definition) is 7. The molecule has 0 bridgehead atoms. The third kappa shape index (κ3) is 4.30. The highest BCUT2D eigenvalue weighted by Gasteiger charge is 2.26. The Balaban J connectivity index is 1.83. The SMILES string of the molecule is Cc1ccc2nc(N(Cc3ccccc3)C(=O)c3cc([N+](=O)[O-])cc([N+](=O)[O-])c3)sc2c1. The molecule has 10 heteroatoms. The van der Waals surface area contributed by atoms with Crippen molar-refractivity contribution in [2.45, 2.75) is 13.5 Å². The van der Waals surface area contributed by atoms with Crippen molar-refractivity contribution >= 4 is 44.0 Å². The lowest BCUT2D eigenvalue weighted by atomic mass is 10.1. The maximum atomic E-state index is 13.5. The Morgan fingerprint density at radius 1 is 0.969 bits per heavy atom. The second-order valence-electron chi connectivity index (χ2n) is 7.10. The Labute approximate surface area is 185 Å². The molecule has 1 heterocycles.